The van der Waals surface area contributed by atoms with Crippen molar-refractivity contribution >= 4 is 39.0 Å². The van der Waals surface area contributed by atoms with Crippen LogP contribution in [0.25, 0.3) is 21.2 Å². The third-order valence-corrected chi connectivity index (χ3v) is 5.22. The molecule has 0 saturated heterocycles. The predicted octanol–water partition coefficient (Wildman–Crippen LogP) is 5.52. The Balaban J connectivity index is 1.73. The molecule has 0 fully saturated rings. The first kappa shape index (κ1) is 17.0. The van der Waals surface area contributed by atoms with Crippen molar-refractivity contribution in [1.29, 1.82) is 0 Å². The molecule has 2 N–H and O–H groups in total. The van der Waals surface area contributed by atoms with Crippen molar-refractivity contribution in [3.8, 4) is 11.1 Å². The maximum atomic E-state index is 12.5. The van der Waals surface area contributed by atoms with Crippen LogP contribution in [0.15, 0.2) is 78.2 Å². The Labute approximate surface area is 159 Å². The number of rotatable bonds is 4. The highest BCUT2D eigenvalue weighted by Gasteiger charge is 2.15. The van der Waals surface area contributed by atoms with Gasteiger partial charge >= 0.3 is 5.97 Å². The van der Waals surface area contributed by atoms with Crippen molar-refractivity contribution in [3.63, 3.8) is 0 Å². The number of benzene rings is 3. The second-order valence-corrected chi connectivity index (χ2v) is 7.01. The smallest absolute Gasteiger partial charge is 0.337 e. The molecular formula is C22H15NO3S. The van der Waals surface area contributed by atoms with Gasteiger partial charge in [-0.05, 0) is 64.4 Å². The van der Waals surface area contributed by atoms with Crippen molar-refractivity contribution in [2.24, 2.45) is 0 Å². The molecule has 5 heteroatoms. The lowest BCUT2D eigenvalue weighted by Crippen LogP contribution is -2.14. The molecule has 1 amide bonds. The fourth-order valence-corrected chi connectivity index (χ4v) is 3.71. The van der Waals surface area contributed by atoms with E-state index in [2.05, 4.69) is 11.4 Å². The number of hydrogen-bond donors (Lipinski definition) is 2. The molecule has 4 nitrogen and oxygen atoms in total. The topological polar surface area (TPSA) is 66.4 Å². The normalized spacial score (nSPS) is 10.7. The van der Waals surface area contributed by atoms with Crippen molar-refractivity contribution in [2.45, 2.75) is 0 Å². The summed E-state index contributed by atoms with van der Waals surface area (Å²) in [4.78, 5) is 24.1. The van der Waals surface area contributed by atoms with E-state index >= 15 is 0 Å². The minimum Gasteiger partial charge on any atom is -0.478 e. The van der Waals surface area contributed by atoms with Gasteiger partial charge in [-0.25, -0.2) is 4.79 Å². The minimum atomic E-state index is -1.09. The molecular weight excluding hydrogens is 358 g/mol. The average Bonchev–Trinajstić information content (AvgIpc) is 3.16. The van der Waals surface area contributed by atoms with Crippen LogP contribution in [0.5, 0.6) is 0 Å². The number of carboxylic acid groups (broad SMARTS) is 1. The number of nitrogens with one attached hydrogen (secondary N) is 1. The number of thiophene rings is 1. The zero-order chi connectivity index (χ0) is 18.8. The number of anilines is 1. The molecule has 0 aliphatic carbocycles. The lowest BCUT2D eigenvalue weighted by atomic mass is 10.0. The van der Waals surface area contributed by atoms with Gasteiger partial charge in [-0.15, -0.1) is 11.3 Å². The summed E-state index contributed by atoms with van der Waals surface area (Å²) in [6.45, 7) is 0. The van der Waals surface area contributed by atoms with Gasteiger partial charge < -0.3 is 10.4 Å². The average molecular weight is 373 g/mol. The van der Waals surface area contributed by atoms with Crippen LogP contribution in [0.1, 0.15) is 20.7 Å². The van der Waals surface area contributed by atoms with Crippen molar-refractivity contribution < 1.29 is 14.7 Å². The van der Waals surface area contributed by atoms with E-state index in [-0.39, 0.29) is 17.2 Å². The minimum absolute atomic E-state index is 0.0552. The van der Waals surface area contributed by atoms with E-state index in [0.717, 1.165) is 16.5 Å². The molecule has 4 aromatic rings. The Morgan fingerprint density at radius 2 is 1.59 bits per heavy atom. The fraction of sp³-hybridized carbons (Fsp3) is 0. The monoisotopic (exact) mass is 373 g/mol. The molecule has 27 heavy (non-hydrogen) atoms. The van der Waals surface area contributed by atoms with E-state index in [0.29, 0.717) is 5.56 Å². The molecule has 0 aliphatic heterocycles. The third kappa shape index (κ3) is 3.45. The number of aromatic carboxylic acids is 1. The molecule has 0 bridgehead atoms. The molecule has 0 unspecified atom stereocenters. The Kier molecular flexibility index (Phi) is 4.44. The Morgan fingerprint density at radius 1 is 0.852 bits per heavy atom. The lowest BCUT2D eigenvalue weighted by Gasteiger charge is -2.11. The van der Waals surface area contributed by atoms with Crippen LogP contribution >= 0.6 is 11.3 Å². The summed E-state index contributed by atoms with van der Waals surface area (Å²) in [5.74, 6) is -1.43. The highest BCUT2D eigenvalue weighted by molar-refractivity contribution is 7.17. The first-order valence-electron chi connectivity index (χ1n) is 8.33. The van der Waals surface area contributed by atoms with E-state index in [1.807, 2.05) is 29.6 Å². The van der Waals surface area contributed by atoms with Crippen LogP contribution in [-0.4, -0.2) is 17.0 Å². The SMILES string of the molecule is O=C(Nc1cc(-c2ccc3sccc3c2)ccc1C(=O)O)c1ccccc1. The molecule has 0 saturated carbocycles. The molecule has 0 spiro atoms. The molecule has 0 radical (unpaired) electrons. The van der Waals surface area contributed by atoms with Gasteiger partial charge in [0.2, 0.25) is 0 Å². The number of carbonyl (C=O) groups is 2. The quantitative estimate of drug-likeness (QED) is 0.495. The van der Waals surface area contributed by atoms with E-state index in [1.165, 1.54) is 10.8 Å². The van der Waals surface area contributed by atoms with Gasteiger partial charge in [0, 0.05) is 10.3 Å². The summed E-state index contributed by atoms with van der Waals surface area (Å²) >= 11 is 1.67. The summed E-state index contributed by atoms with van der Waals surface area (Å²) in [7, 11) is 0. The van der Waals surface area contributed by atoms with E-state index < -0.39 is 5.97 Å². The standard InChI is InChI=1S/C22H15NO3S/c24-21(14-4-2-1-3-5-14)23-19-13-16(6-8-18(19)22(25)26)15-7-9-20-17(12-15)10-11-27-20/h1-13H,(H,23,24)(H,25,26). The van der Waals surface area contributed by atoms with Crippen molar-refractivity contribution in [1.82, 2.24) is 0 Å². The highest BCUT2D eigenvalue weighted by atomic mass is 32.1. The Bertz CT molecular complexity index is 1150. The van der Waals surface area contributed by atoms with Gasteiger partial charge in [0.1, 0.15) is 0 Å². The molecule has 0 atom stereocenters. The third-order valence-electron chi connectivity index (χ3n) is 4.32. The molecule has 3 aromatic carbocycles. The van der Waals surface area contributed by atoms with Crippen LogP contribution in [0.2, 0.25) is 0 Å². The molecule has 4 rings (SSSR count). The number of fused-ring (bicyclic) bond motifs is 1. The zero-order valence-electron chi connectivity index (χ0n) is 14.2. The Morgan fingerprint density at radius 3 is 2.37 bits per heavy atom. The van der Waals surface area contributed by atoms with Gasteiger partial charge in [0.05, 0.1) is 11.3 Å². The number of hydrogen-bond acceptors (Lipinski definition) is 3. The summed E-state index contributed by atoms with van der Waals surface area (Å²) < 4.78 is 1.19. The second-order valence-electron chi connectivity index (χ2n) is 6.06. The molecule has 132 valence electrons. The second kappa shape index (κ2) is 7.05. The first-order valence-corrected chi connectivity index (χ1v) is 9.21. The lowest BCUT2D eigenvalue weighted by molar-refractivity contribution is 0.0698. The number of amides is 1. The zero-order valence-corrected chi connectivity index (χ0v) is 15.0. The number of carbonyl (C=O) groups excluding carboxylic acids is 1. The van der Waals surface area contributed by atoms with E-state index in [9.17, 15) is 14.7 Å². The largest absolute Gasteiger partial charge is 0.478 e. The van der Waals surface area contributed by atoms with Gasteiger partial charge in [-0.3, -0.25) is 4.79 Å². The summed E-state index contributed by atoms with van der Waals surface area (Å²) in [6.07, 6.45) is 0. The van der Waals surface area contributed by atoms with Gasteiger partial charge in [-0.2, -0.15) is 0 Å². The molecule has 0 aliphatic rings. The van der Waals surface area contributed by atoms with Gasteiger partial charge in [0.25, 0.3) is 5.91 Å². The summed E-state index contributed by atoms with van der Waals surface area (Å²) in [6, 6.07) is 21.9. The van der Waals surface area contributed by atoms with Crippen molar-refractivity contribution in [2.75, 3.05) is 5.32 Å². The first-order chi connectivity index (χ1) is 13.1. The van der Waals surface area contributed by atoms with Crippen LogP contribution < -0.4 is 5.32 Å². The molecule has 1 heterocycles. The number of carboxylic acids is 1. The molecule has 1 aromatic heterocycles. The van der Waals surface area contributed by atoms with E-state index in [4.69, 9.17) is 0 Å². The summed E-state index contributed by atoms with van der Waals surface area (Å²) in [5, 5.41) is 15.4. The van der Waals surface area contributed by atoms with Crippen molar-refractivity contribution in [3.05, 3.63) is 89.3 Å². The fourth-order valence-electron chi connectivity index (χ4n) is 2.94. The highest BCUT2D eigenvalue weighted by Crippen LogP contribution is 2.30. The van der Waals surface area contributed by atoms with E-state index in [1.54, 1.807) is 47.7 Å². The van der Waals surface area contributed by atoms with Crippen LogP contribution in [0.4, 0.5) is 5.69 Å². The van der Waals surface area contributed by atoms with Gasteiger partial charge in [0.15, 0.2) is 0 Å². The maximum absolute atomic E-state index is 12.5. The Hall–Kier alpha value is -3.44. The van der Waals surface area contributed by atoms with Crippen LogP contribution in [-0.2, 0) is 0 Å². The summed E-state index contributed by atoms with van der Waals surface area (Å²) in [5.41, 5.74) is 2.61. The predicted molar refractivity (Wildman–Crippen MR) is 109 cm³/mol. The maximum Gasteiger partial charge on any atom is 0.337 e. The van der Waals surface area contributed by atoms with Gasteiger partial charge in [-0.1, -0.05) is 30.3 Å². The van der Waals surface area contributed by atoms with Crippen LogP contribution in [0, 0.1) is 0 Å². The van der Waals surface area contributed by atoms with Crippen LogP contribution in [0.3, 0.4) is 0 Å².